The van der Waals surface area contributed by atoms with E-state index in [0.29, 0.717) is 5.56 Å². The van der Waals surface area contributed by atoms with Crippen molar-refractivity contribution in [3.63, 3.8) is 0 Å². The average Bonchev–Trinajstić information content (AvgIpc) is 2.54. The molecule has 2 aromatic rings. The van der Waals surface area contributed by atoms with Gasteiger partial charge in [0.25, 0.3) is 5.91 Å². The summed E-state index contributed by atoms with van der Waals surface area (Å²) in [6, 6.07) is 11.9. The Kier molecular flexibility index (Phi) is 7.33. The summed E-state index contributed by atoms with van der Waals surface area (Å²) in [7, 11) is 0. The lowest BCUT2D eigenvalue weighted by Crippen LogP contribution is -2.46. The van der Waals surface area contributed by atoms with Crippen LogP contribution in [0.4, 0.5) is 8.78 Å². The molecule has 0 spiro atoms. The lowest BCUT2D eigenvalue weighted by molar-refractivity contribution is -0.128. The second-order valence-electron chi connectivity index (χ2n) is 6.19. The van der Waals surface area contributed by atoms with Crippen molar-refractivity contribution in [1.82, 2.24) is 5.32 Å². The van der Waals surface area contributed by atoms with Crippen LogP contribution >= 0.6 is 12.4 Å². The molecule has 4 nitrogen and oxygen atoms in total. The van der Waals surface area contributed by atoms with Gasteiger partial charge in [0.05, 0.1) is 0 Å². The number of benzene rings is 2. The van der Waals surface area contributed by atoms with E-state index in [2.05, 4.69) is 5.32 Å². The molecule has 0 saturated carbocycles. The monoisotopic (exact) mass is 370 g/mol. The molecule has 0 heterocycles. The molecule has 2 aromatic carbocycles. The van der Waals surface area contributed by atoms with Crippen molar-refractivity contribution >= 4 is 18.3 Å². The maximum Gasteiger partial charge on any atom is 0.265 e. The molecule has 25 heavy (non-hydrogen) atoms. The van der Waals surface area contributed by atoms with Crippen LogP contribution in [0.15, 0.2) is 48.5 Å². The number of halogens is 3. The zero-order valence-electron chi connectivity index (χ0n) is 14.0. The molecule has 0 saturated heterocycles. The van der Waals surface area contributed by atoms with Crippen molar-refractivity contribution in [2.24, 2.45) is 5.73 Å². The molecule has 0 aliphatic carbocycles. The van der Waals surface area contributed by atoms with E-state index < -0.39 is 29.2 Å². The van der Waals surface area contributed by atoms with Gasteiger partial charge in [-0.05, 0) is 26.0 Å². The van der Waals surface area contributed by atoms with Crippen LogP contribution in [0.25, 0.3) is 0 Å². The highest BCUT2D eigenvalue weighted by Crippen LogP contribution is 2.24. The number of ether oxygens (including phenoxy) is 1. The Balaban J connectivity index is 0.00000312. The largest absolute Gasteiger partial charge is 0.476 e. The van der Waals surface area contributed by atoms with Gasteiger partial charge in [-0.1, -0.05) is 30.3 Å². The van der Waals surface area contributed by atoms with Crippen LogP contribution in [-0.2, 0) is 4.79 Å². The Hall–Kier alpha value is -2.18. The summed E-state index contributed by atoms with van der Waals surface area (Å²) in [5.41, 5.74) is 5.87. The molecule has 136 valence electrons. The number of nitrogens with one attached hydrogen (secondary N) is 1. The Morgan fingerprint density at radius 1 is 1.16 bits per heavy atom. The second-order valence-corrected chi connectivity index (χ2v) is 6.19. The van der Waals surface area contributed by atoms with E-state index in [0.717, 1.165) is 12.1 Å². The number of carbonyl (C=O) groups excluding carboxylic acids is 1. The summed E-state index contributed by atoms with van der Waals surface area (Å²) in [6.07, 6.45) is -1.00. The minimum Gasteiger partial charge on any atom is -0.476 e. The van der Waals surface area contributed by atoms with Crippen LogP contribution in [0, 0.1) is 11.6 Å². The van der Waals surface area contributed by atoms with Crippen LogP contribution in [0.5, 0.6) is 5.75 Å². The van der Waals surface area contributed by atoms with Gasteiger partial charge < -0.3 is 15.8 Å². The molecular weight excluding hydrogens is 350 g/mol. The van der Waals surface area contributed by atoms with Crippen molar-refractivity contribution < 1.29 is 18.3 Å². The highest BCUT2D eigenvalue weighted by Gasteiger charge is 2.24. The topological polar surface area (TPSA) is 64.3 Å². The fourth-order valence-electron chi connectivity index (χ4n) is 1.99. The number of amides is 1. The van der Waals surface area contributed by atoms with Gasteiger partial charge in [0.2, 0.25) is 6.10 Å². The predicted octanol–water partition coefficient (Wildman–Crippen LogP) is 3.36. The SMILES string of the molecule is CC(C)(N)CNC(=O)C(Oc1ccc(F)c(F)c1)c1ccccc1.Cl. The van der Waals surface area contributed by atoms with Crippen molar-refractivity contribution in [3.8, 4) is 5.75 Å². The molecule has 7 heteroatoms. The number of carbonyl (C=O) groups is 1. The standard InChI is InChI=1S/C18H20F2N2O2.ClH/c1-18(2,21)11-22-17(23)16(12-6-4-3-5-7-12)24-13-8-9-14(19)15(20)10-13;/h3-10,16H,11,21H2,1-2H3,(H,22,23);1H. The van der Waals surface area contributed by atoms with E-state index >= 15 is 0 Å². The third-order valence-electron chi connectivity index (χ3n) is 3.20. The summed E-state index contributed by atoms with van der Waals surface area (Å²) in [5.74, 6) is -2.37. The smallest absolute Gasteiger partial charge is 0.265 e. The summed E-state index contributed by atoms with van der Waals surface area (Å²) >= 11 is 0. The lowest BCUT2D eigenvalue weighted by atomic mass is 10.1. The summed E-state index contributed by atoms with van der Waals surface area (Å²) in [4.78, 5) is 12.5. The second kappa shape index (κ2) is 8.78. The van der Waals surface area contributed by atoms with E-state index in [1.54, 1.807) is 44.2 Å². The normalized spacial score (nSPS) is 12.0. The number of hydrogen-bond acceptors (Lipinski definition) is 3. The first-order valence-corrected chi connectivity index (χ1v) is 7.49. The number of rotatable bonds is 6. The van der Waals surface area contributed by atoms with Crippen LogP contribution in [0.2, 0.25) is 0 Å². The quantitative estimate of drug-likeness (QED) is 0.819. The van der Waals surface area contributed by atoms with Gasteiger partial charge >= 0.3 is 0 Å². The predicted molar refractivity (Wildman–Crippen MR) is 94.7 cm³/mol. The maximum absolute atomic E-state index is 13.4. The average molecular weight is 371 g/mol. The molecule has 3 N–H and O–H groups in total. The molecule has 2 rings (SSSR count). The van der Waals surface area contributed by atoms with Gasteiger partial charge in [-0.15, -0.1) is 12.4 Å². The van der Waals surface area contributed by atoms with Crippen LogP contribution in [-0.4, -0.2) is 18.0 Å². The van der Waals surface area contributed by atoms with E-state index in [9.17, 15) is 13.6 Å². The first kappa shape index (κ1) is 20.9. The first-order valence-electron chi connectivity index (χ1n) is 7.49. The van der Waals surface area contributed by atoms with Gasteiger partial charge in [-0.2, -0.15) is 0 Å². The first-order chi connectivity index (χ1) is 11.3. The van der Waals surface area contributed by atoms with Gasteiger partial charge in [0, 0.05) is 23.7 Å². The van der Waals surface area contributed by atoms with Crippen LogP contribution in [0.1, 0.15) is 25.5 Å². The van der Waals surface area contributed by atoms with E-state index in [1.807, 2.05) is 0 Å². The molecule has 0 fully saturated rings. The van der Waals surface area contributed by atoms with Gasteiger partial charge in [-0.25, -0.2) is 8.78 Å². The molecule has 0 radical (unpaired) electrons. The maximum atomic E-state index is 13.4. The summed E-state index contributed by atoms with van der Waals surface area (Å²) < 4.78 is 32.0. The summed E-state index contributed by atoms with van der Waals surface area (Å²) in [5, 5.41) is 2.71. The van der Waals surface area contributed by atoms with Crippen LogP contribution in [0.3, 0.4) is 0 Å². The zero-order valence-corrected chi connectivity index (χ0v) is 14.8. The van der Waals surface area contributed by atoms with Gasteiger partial charge in [-0.3, -0.25) is 4.79 Å². The Morgan fingerprint density at radius 2 is 1.80 bits per heavy atom. The highest BCUT2D eigenvalue weighted by molar-refractivity contribution is 5.85. The van der Waals surface area contributed by atoms with Crippen LogP contribution < -0.4 is 15.8 Å². The van der Waals surface area contributed by atoms with Crippen molar-refractivity contribution in [2.45, 2.75) is 25.5 Å². The van der Waals surface area contributed by atoms with E-state index in [-0.39, 0.29) is 24.7 Å². The molecule has 0 aliphatic heterocycles. The molecule has 1 atom stereocenters. The van der Waals surface area contributed by atoms with Gasteiger partial charge in [0.15, 0.2) is 11.6 Å². The van der Waals surface area contributed by atoms with Crippen molar-refractivity contribution in [1.29, 1.82) is 0 Å². The molecular formula is C18H21ClF2N2O2. The Morgan fingerprint density at radius 3 is 2.36 bits per heavy atom. The molecule has 1 amide bonds. The number of hydrogen-bond donors (Lipinski definition) is 2. The molecule has 0 aromatic heterocycles. The molecule has 0 aliphatic rings. The fourth-order valence-corrected chi connectivity index (χ4v) is 1.99. The highest BCUT2D eigenvalue weighted by atomic mass is 35.5. The lowest BCUT2D eigenvalue weighted by Gasteiger charge is -2.23. The minimum atomic E-state index is -1.04. The third-order valence-corrected chi connectivity index (χ3v) is 3.20. The Bertz CT molecular complexity index is 706. The summed E-state index contributed by atoms with van der Waals surface area (Å²) in [6.45, 7) is 3.80. The van der Waals surface area contributed by atoms with Crippen molar-refractivity contribution in [3.05, 3.63) is 65.7 Å². The zero-order chi connectivity index (χ0) is 17.7. The Labute approximate surface area is 151 Å². The van der Waals surface area contributed by atoms with Gasteiger partial charge in [0.1, 0.15) is 5.75 Å². The third kappa shape index (κ3) is 6.32. The minimum absolute atomic E-state index is 0. The van der Waals surface area contributed by atoms with Crippen molar-refractivity contribution in [2.75, 3.05) is 6.54 Å². The number of nitrogens with two attached hydrogens (primary N) is 1. The fraction of sp³-hybridized carbons (Fsp3) is 0.278. The van der Waals surface area contributed by atoms with E-state index in [1.165, 1.54) is 6.07 Å². The molecule has 0 bridgehead atoms. The van der Waals surface area contributed by atoms with E-state index in [4.69, 9.17) is 10.5 Å². The molecule has 1 unspecified atom stereocenters.